The molecule has 1 N–H and O–H groups in total. The summed E-state index contributed by atoms with van der Waals surface area (Å²) in [5.74, 6) is 0.185. The minimum Gasteiger partial charge on any atom is -0.396 e. The Hall–Kier alpha value is -1.68. The maximum Gasteiger partial charge on any atom is 0.0769 e. The van der Waals surface area contributed by atoms with Crippen molar-refractivity contribution in [3.63, 3.8) is 0 Å². The molecule has 0 aliphatic carbocycles. The fraction of sp³-hybridized carbons (Fsp3) is 0.400. The van der Waals surface area contributed by atoms with Crippen molar-refractivity contribution in [3.05, 3.63) is 71.8 Å². The largest absolute Gasteiger partial charge is 0.396 e. The Labute approximate surface area is 138 Å². The van der Waals surface area contributed by atoms with Gasteiger partial charge >= 0.3 is 0 Å². The smallest absolute Gasteiger partial charge is 0.0769 e. The third kappa shape index (κ3) is 3.99. The van der Waals surface area contributed by atoms with Gasteiger partial charge in [-0.1, -0.05) is 60.7 Å². The van der Waals surface area contributed by atoms with Crippen molar-refractivity contribution < 1.29 is 9.84 Å². The van der Waals surface area contributed by atoms with Gasteiger partial charge in [0, 0.05) is 31.7 Å². The van der Waals surface area contributed by atoms with Crippen LogP contribution in [-0.2, 0) is 11.3 Å². The van der Waals surface area contributed by atoms with Crippen LogP contribution in [0, 0.1) is 5.92 Å². The standard InChI is InChI=1S/C20H25NO2/c1-16(18-10-6-3-7-11-18)21-12-19(14-22)20(13-21)23-15-17-8-4-2-5-9-17/h2-11,16,19-20,22H,12-15H2,1H3/t16-,19-,20+/m1/s1. The molecule has 0 radical (unpaired) electrons. The molecule has 0 bridgehead atoms. The average molecular weight is 311 g/mol. The van der Waals surface area contributed by atoms with E-state index in [9.17, 15) is 5.11 Å². The molecule has 3 atom stereocenters. The van der Waals surface area contributed by atoms with Gasteiger partial charge in [0.15, 0.2) is 0 Å². The van der Waals surface area contributed by atoms with Crippen molar-refractivity contribution in [1.82, 2.24) is 4.90 Å². The number of hydrogen-bond acceptors (Lipinski definition) is 3. The van der Waals surface area contributed by atoms with E-state index in [2.05, 4.69) is 48.2 Å². The fourth-order valence-electron chi connectivity index (χ4n) is 3.27. The van der Waals surface area contributed by atoms with Crippen LogP contribution in [0.1, 0.15) is 24.1 Å². The van der Waals surface area contributed by atoms with E-state index in [-0.39, 0.29) is 18.6 Å². The van der Waals surface area contributed by atoms with E-state index >= 15 is 0 Å². The van der Waals surface area contributed by atoms with Crippen LogP contribution in [0.3, 0.4) is 0 Å². The summed E-state index contributed by atoms with van der Waals surface area (Å²) < 4.78 is 6.11. The molecule has 1 aliphatic heterocycles. The van der Waals surface area contributed by atoms with Crippen molar-refractivity contribution in [2.45, 2.75) is 25.7 Å². The molecule has 2 aromatic rings. The molecule has 1 fully saturated rings. The van der Waals surface area contributed by atoms with Crippen molar-refractivity contribution in [3.8, 4) is 0 Å². The van der Waals surface area contributed by atoms with E-state index in [4.69, 9.17) is 4.74 Å². The van der Waals surface area contributed by atoms with E-state index in [1.165, 1.54) is 11.1 Å². The quantitative estimate of drug-likeness (QED) is 0.889. The molecule has 1 heterocycles. The highest BCUT2D eigenvalue weighted by molar-refractivity contribution is 5.19. The molecule has 0 saturated carbocycles. The highest BCUT2D eigenvalue weighted by Gasteiger charge is 2.35. The minimum atomic E-state index is 0.0892. The van der Waals surface area contributed by atoms with Gasteiger partial charge in [-0.2, -0.15) is 0 Å². The predicted octanol–water partition coefficient (Wildman–Crippen LogP) is 3.26. The van der Waals surface area contributed by atoms with Crippen LogP contribution in [0.5, 0.6) is 0 Å². The molecule has 0 amide bonds. The second-order valence-corrected chi connectivity index (χ2v) is 6.32. The summed E-state index contributed by atoms with van der Waals surface area (Å²) in [5, 5.41) is 9.70. The Morgan fingerprint density at radius 2 is 1.70 bits per heavy atom. The number of rotatable bonds is 6. The maximum atomic E-state index is 9.70. The first-order valence-corrected chi connectivity index (χ1v) is 8.33. The summed E-state index contributed by atoms with van der Waals surface area (Å²) >= 11 is 0. The molecule has 0 unspecified atom stereocenters. The van der Waals surface area contributed by atoms with E-state index < -0.39 is 0 Å². The van der Waals surface area contributed by atoms with Crippen LogP contribution >= 0.6 is 0 Å². The van der Waals surface area contributed by atoms with Crippen molar-refractivity contribution in [2.24, 2.45) is 5.92 Å². The summed E-state index contributed by atoms with van der Waals surface area (Å²) in [5.41, 5.74) is 2.49. The van der Waals surface area contributed by atoms with Crippen LogP contribution < -0.4 is 0 Å². The van der Waals surface area contributed by atoms with Gasteiger partial charge in [-0.3, -0.25) is 4.90 Å². The minimum absolute atomic E-state index is 0.0892. The normalized spacial score (nSPS) is 23.0. The van der Waals surface area contributed by atoms with Gasteiger partial charge in [-0.15, -0.1) is 0 Å². The summed E-state index contributed by atoms with van der Waals surface area (Å²) in [6.07, 6.45) is 0.0892. The van der Waals surface area contributed by atoms with Gasteiger partial charge in [-0.25, -0.2) is 0 Å². The first-order valence-electron chi connectivity index (χ1n) is 8.33. The molecular formula is C20H25NO2. The number of benzene rings is 2. The molecule has 3 nitrogen and oxygen atoms in total. The first-order chi connectivity index (χ1) is 11.3. The zero-order valence-electron chi connectivity index (χ0n) is 13.6. The second-order valence-electron chi connectivity index (χ2n) is 6.32. The third-order valence-electron chi connectivity index (χ3n) is 4.78. The molecule has 0 aromatic heterocycles. The monoisotopic (exact) mass is 311 g/mol. The molecule has 23 heavy (non-hydrogen) atoms. The highest BCUT2D eigenvalue weighted by Crippen LogP contribution is 2.29. The molecule has 1 saturated heterocycles. The lowest BCUT2D eigenvalue weighted by atomic mass is 10.1. The van der Waals surface area contributed by atoms with Gasteiger partial charge in [0.25, 0.3) is 0 Å². The number of likely N-dealkylation sites (tertiary alicyclic amines) is 1. The molecular weight excluding hydrogens is 286 g/mol. The average Bonchev–Trinajstić information content (AvgIpc) is 3.04. The number of aliphatic hydroxyl groups excluding tert-OH is 1. The molecule has 3 rings (SSSR count). The fourth-order valence-corrected chi connectivity index (χ4v) is 3.27. The van der Waals surface area contributed by atoms with Crippen LogP contribution in [0.4, 0.5) is 0 Å². The molecule has 2 aromatic carbocycles. The Bertz CT molecular complexity index is 587. The number of aliphatic hydroxyl groups is 1. The van der Waals surface area contributed by atoms with E-state index in [1.54, 1.807) is 0 Å². The summed E-state index contributed by atoms with van der Waals surface area (Å²) in [7, 11) is 0. The number of ether oxygens (including phenoxy) is 1. The third-order valence-corrected chi connectivity index (χ3v) is 4.78. The van der Waals surface area contributed by atoms with Crippen LogP contribution in [0.15, 0.2) is 60.7 Å². The first kappa shape index (κ1) is 16.2. The predicted molar refractivity (Wildman–Crippen MR) is 92.0 cm³/mol. The molecule has 122 valence electrons. The van der Waals surface area contributed by atoms with Crippen molar-refractivity contribution in [2.75, 3.05) is 19.7 Å². The van der Waals surface area contributed by atoms with Gasteiger partial charge < -0.3 is 9.84 Å². The lowest BCUT2D eigenvalue weighted by Gasteiger charge is -2.24. The van der Waals surface area contributed by atoms with E-state index in [0.29, 0.717) is 12.6 Å². The summed E-state index contributed by atoms with van der Waals surface area (Å²) in [6.45, 7) is 4.76. The van der Waals surface area contributed by atoms with Gasteiger partial charge in [0.05, 0.1) is 12.7 Å². The van der Waals surface area contributed by atoms with Crippen LogP contribution in [-0.4, -0.2) is 35.8 Å². The van der Waals surface area contributed by atoms with Crippen LogP contribution in [0.25, 0.3) is 0 Å². The molecule has 3 heteroatoms. The summed E-state index contributed by atoms with van der Waals surface area (Å²) in [6, 6.07) is 21.1. The van der Waals surface area contributed by atoms with Gasteiger partial charge in [0.1, 0.15) is 0 Å². The van der Waals surface area contributed by atoms with Gasteiger partial charge in [-0.05, 0) is 18.1 Å². The Kier molecular flexibility index (Phi) is 5.44. The van der Waals surface area contributed by atoms with E-state index in [1.807, 2.05) is 24.3 Å². The lowest BCUT2D eigenvalue weighted by molar-refractivity contribution is 0.00721. The molecule has 0 spiro atoms. The maximum absolute atomic E-state index is 9.70. The Morgan fingerprint density at radius 1 is 1.04 bits per heavy atom. The Balaban J connectivity index is 1.61. The SMILES string of the molecule is C[C@H](c1ccccc1)N1C[C@H](CO)[C@@H](OCc2ccccc2)C1. The zero-order valence-corrected chi connectivity index (χ0v) is 13.6. The van der Waals surface area contributed by atoms with Gasteiger partial charge in [0.2, 0.25) is 0 Å². The second kappa shape index (κ2) is 7.73. The zero-order chi connectivity index (χ0) is 16.1. The number of nitrogens with zero attached hydrogens (tertiary/aromatic N) is 1. The van der Waals surface area contributed by atoms with Crippen LogP contribution in [0.2, 0.25) is 0 Å². The highest BCUT2D eigenvalue weighted by atomic mass is 16.5. The lowest BCUT2D eigenvalue weighted by Crippen LogP contribution is -2.26. The van der Waals surface area contributed by atoms with E-state index in [0.717, 1.165) is 13.1 Å². The topological polar surface area (TPSA) is 32.7 Å². The molecule has 1 aliphatic rings. The number of hydrogen-bond donors (Lipinski definition) is 1. The van der Waals surface area contributed by atoms with Crippen molar-refractivity contribution in [1.29, 1.82) is 0 Å². The summed E-state index contributed by atoms with van der Waals surface area (Å²) in [4.78, 5) is 2.41. The Morgan fingerprint density at radius 3 is 2.35 bits per heavy atom. The van der Waals surface area contributed by atoms with Crippen molar-refractivity contribution >= 4 is 0 Å².